The van der Waals surface area contributed by atoms with Crippen molar-refractivity contribution < 1.29 is 22.4 Å². The van der Waals surface area contributed by atoms with E-state index in [0.717, 1.165) is 0 Å². The highest BCUT2D eigenvalue weighted by Crippen LogP contribution is 2.20. The Balaban J connectivity index is 1.46. The molecular weight excluding hydrogens is 361 g/mol. The van der Waals surface area contributed by atoms with Crippen molar-refractivity contribution in [3.63, 3.8) is 0 Å². The number of nitrogens with one attached hydrogen (secondary N) is 1. The van der Waals surface area contributed by atoms with Gasteiger partial charge in [0.15, 0.2) is 9.84 Å². The summed E-state index contributed by atoms with van der Waals surface area (Å²) < 4.78 is 36.6. The summed E-state index contributed by atoms with van der Waals surface area (Å²) in [6.07, 6.45) is 0.0970. The summed E-state index contributed by atoms with van der Waals surface area (Å²) in [4.78, 5) is 27.7. The number of halogens is 1. The van der Waals surface area contributed by atoms with Crippen LogP contribution in [0, 0.1) is 5.82 Å². The van der Waals surface area contributed by atoms with Gasteiger partial charge in [-0.1, -0.05) is 12.1 Å². The number of anilines is 1. The lowest BCUT2D eigenvalue weighted by Gasteiger charge is -2.36. The molecule has 0 aromatic heterocycles. The molecule has 1 aromatic carbocycles. The summed E-state index contributed by atoms with van der Waals surface area (Å²) in [6, 6.07) is 6.10. The van der Waals surface area contributed by atoms with Crippen LogP contribution in [0.15, 0.2) is 24.3 Å². The Hall–Kier alpha value is -2.16. The number of para-hydroxylation sites is 1. The van der Waals surface area contributed by atoms with Crippen LogP contribution in [-0.2, 0) is 19.4 Å². The summed E-state index contributed by atoms with van der Waals surface area (Å²) in [7, 11) is -3.07. The van der Waals surface area contributed by atoms with Crippen molar-refractivity contribution in [3.8, 4) is 0 Å². The van der Waals surface area contributed by atoms with E-state index in [1.807, 2.05) is 4.90 Å². The van der Waals surface area contributed by atoms with Crippen molar-refractivity contribution >= 4 is 27.3 Å². The van der Waals surface area contributed by atoms with Crippen LogP contribution < -0.4 is 10.2 Å². The van der Waals surface area contributed by atoms with Gasteiger partial charge in [0, 0.05) is 32.2 Å². The molecule has 1 aromatic rings. The maximum Gasteiger partial charge on any atom is 0.232 e. The first-order valence-electron chi connectivity index (χ1n) is 8.61. The lowest BCUT2D eigenvalue weighted by Crippen LogP contribution is -2.50. The van der Waals surface area contributed by atoms with Crippen LogP contribution in [0.3, 0.4) is 0 Å². The highest BCUT2D eigenvalue weighted by molar-refractivity contribution is 7.91. The van der Waals surface area contributed by atoms with Gasteiger partial charge in [-0.3, -0.25) is 9.59 Å². The Labute approximate surface area is 152 Å². The van der Waals surface area contributed by atoms with Crippen molar-refractivity contribution in [2.75, 3.05) is 42.6 Å². The molecule has 0 aliphatic carbocycles. The fraction of sp³-hybridized carbons (Fsp3) is 0.529. The Morgan fingerprint density at radius 2 is 1.85 bits per heavy atom. The van der Waals surface area contributed by atoms with Crippen molar-refractivity contribution in [1.29, 1.82) is 0 Å². The predicted molar refractivity (Wildman–Crippen MR) is 95.0 cm³/mol. The summed E-state index contributed by atoms with van der Waals surface area (Å²) in [5.41, 5.74) is 0.514. The number of amides is 2. The third-order valence-corrected chi connectivity index (χ3v) is 6.50. The monoisotopic (exact) mass is 383 g/mol. The van der Waals surface area contributed by atoms with Gasteiger partial charge in [-0.15, -0.1) is 0 Å². The molecule has 2 heterocycles. The molecule has 2 aliphatic heterocycles. The van der Waals surface area contributed by atoms with E-state index in [0.29, 0.717) is 38.3 Å². The van der Waals surface area contributed by atoms with Gasteiger partial charge in [0.25, 0.3) is 0 Å². The van der Waals surface area contributed by atoms with Gasteiger partial charge in [0.2, 0.25) is 11.8 Å². The summed E-state index contributed by atoms with van der Waals surface area (Å²) in [6.45, 7) is 1.82. The zero-order valence-corrected chi connectivity index (χ0v) is 15.2. The molecule has 1 atom stereocenters. The number of benzene rings is 1. The van der Waals surface area contributed by atoms with E-state index in [-0.39, 0.29) is 29.7 Å². The number of piperazine rings is 1. The summed E-state index contributed by atoms with van der Waals surface area (Å²) in [5, 5.41) is 2.62. The van der Waals surface area contributed by atoms with E-state index in [1.54, 1.807) is 23.1 Å². The van der Waals surface area contributed by atoms with Gasteiger partial charge in [-0.2, -0.15) is 0 Å². The molecule has 26 heavy (non-hydrogen) atoms. The smallest absolute Gasteiger partial charge is 0.232 e. The summed E-state index contributed by atoms with van der Waals surface area (Å²) in [5.74, 6) is -1.03. The van der Waals surface area contributed by atoms with Gasteiger partial charge in [-0.25, -0.2) is 12.8 Å². The van der Waals surface area contributed by atoms with E-state index in [2.05, 4.69) is 5.32 Å². The number of sulfone groups is 1. The van der Waals surface area contributed by atoms with Crippen LogP contribution in [0.5, 0.6) is 0 Å². The second kappa shape index (κ2) is 7.61. The maximum absolute atomic E-state index is 13.8. The molecule has 0 radical (unpaired) electrons. The average Bonchev–Trinajstić information content (AvgIpc) is 2.93. The molecule has 9 heteroatoms. The molecule has 2 aliphatic rings. The molecule has 7 nitrogen and oxygen atoms in total. The van der Waals surface area contributed by atoms with Crippen LogP contribution in [0.2, 0.25) is 0 Å². The Morgan fingerprint density at radius 3 is 2.46 bits per heavy atom. The van der Waals surface area contributed by atoms with Gasteiger partial charge in [-0.05, 0) is 18.6 Å². The molecule has 3 rings (SSSR count). The van der Waals surface area contributed by atoms with E-state index in [4.69, 9.17) is 0 Å². The van der Waals surface area contributed by atoms with Crippen LogP contribution in [0.4, 0.5) is 10.1 Å². The highest BCUT2D eigenvalue weighted by atomic mass is 32.2. The Kier molecular flexibility index (Phi) is 5.45. The maximum atomic E-state index is 13.8. The van der Waals surface area contributed by atoms with Gasteiger partial charge in [0.05, 0.1) is 17.2 Å². The summed E-state index contributed by atoms with van der Waals surface area (Å²) >= 11 is 0. The normalized spacial score (nSPS) is 22.3. The number of nitrogens with zero attached hydrogens (tertiary/aromatic N) is 2. The molecule has 1 N–H and O–H groups in total. The van der Waals surface area contributed by atoms with E-state index >= 15 is 0 Å². The number of hydrogen-bond acceptors (Lipinski definition) is 5. The van der Waals surface area contributed by atoms with E-state index < -0.39 is 21.8 Å². The lowest BCUT2D eigenvalue weighted by molar-refractivity contribution is -0.136. The Morgan fingerprint density at radius 1 is 1.15 bits per heavy atom. The zero-order chi connectivity index (χ0) is 18.7. The van der Waals surface area contributed by atoms with Gasteiger partial charge >= 0.3 is 0 Å². The fourth-order valence-corrected chi connectivity index (χ4v) is 5.01. The van der Waals surface area contributed by atoms with Gasteiger partial charge < -0.3 is 15.1 Å². The molecule has 2 amide bonds. The second-order valence-corrected chi connectivity index (χ2v) is 8.89. The second-order valence-electron chi connectivity index (χ2n) is 6.66. The van der Waals surface area contributed by atoms with Crippen molar-refractivity contribution in [2.24, 2.45) is 0 Å². The molecule has 0 spiro atoms. The van der Waals surface area contributed by atoms with Crippen LogP contribution in [-0.4, -0.2) is 68.9 Å². The third kappa shape index (κ3) is 4.51. The molecule has 2 saturated heterocycles. The quantitative estimate of drug-likeness (QED) is 0.749. The number of carbonyl (C=O) groups is 2. The molecule has 1 unspecified atom stereocenters. The third-order valence-electron chi connectivity index (χ3n) is 4.73. The molecule has 2 fully saturated rings. The number of hydrogen-bond donors (Lipinski definition) is 1. The minimum absolute atomic E-state index is 0.0613. The number of carbonyl (C=O) groups excluding carboxylic acids is 2. The lowest BCUT2D eigenvalue weighted by atomic mass is 10.2. The van der Waals surface area contributed by atoms with Crippen molar-refractivity contribution in [2.45, 2.75) is 18.9 Å². The van der Waals surface area contributed by atoms with Crippen molar-refractivity contribution in [1.82, 2.24) is 10.2 Å². The first-order chi connectivity index (χ1) is 12.3. The molecular formula is C17H22FN3O4S. The topological polar surface area (TPSA) is 86.8 Å². The fourth-order valence-electron chi connectivity index (χ4n) is 3.34. The molecule has 0 saturated carbocycles. The standard InChI is InChI=1S/C17H22FN3O4S/c18-14-3-1-2-4-15(14)20-6-8-21(9-7-20)17(23)11-16(22)19-13-5-10-26(24,25)12-13/h1-4,13H,5-12H2,(H,19,22). The highest BCUT2D eigenvalue weighted by Gasteiger charge is 2.30. The van der Waals surface area contributed by atoms with Crippen molar-refractivity contribution in [3.05, 3.63) is 30.1 Å². The minimum atomic E-state index is -3.07. The zero-order valence-electron chi connectivity index (χ0n) is 14.4. The van der Waals surface area contributed by atoms with Crippen LogP contribution in [0.25, 0.3) is 0 Å². The largest absolute Gasteiger partial charge is 0.366 e. The predicted octanol–water partition coefficient (Wildman–Crippen LogP) is 0.168. The first kappa shape index (κ1) is 18.6. The Bertz CT molecular complexity index is 791. The minimum Gasteiger partial charge on any atom is -0.366 e. The molecule has 0 bridgehead atoms. The first-order valence-corrected chi connectivity index (χ1v) is 10.4. The molecule has 142 valence electrons. The van der Waals surface area contributed by atoms with Gasteiger partial charge in [0.1, 0.15) is 12.2 Å². The number of rotatable bonds is 4. The van der Waals surface area contributed by atoms with E-state index in [9.17, 15) is 22.4 Å². The SMILES string of the molecule is O=C(CC(=O)N1CCN(c2ccccc2F)CC1)NC1CCS(=O)(=O)C1. The van der Waals surface area contributed by atoms with E-state index in [1.165, 1.54) is 6.07 Å². The van der Waals surface area contributed by atoms with Crippen LogP contribution >= 0.6 is 0 Å². The van der Waals surface area contributed by atoms with Crippen LogP contribution in [0.1, 0.15) is 12.8 Å². The average molecular weight is 383 g/mol.